The van der Waals surface area contributed by atoms with Crippen LogP contribution in [0.15, 0.2) is 18.2 Å². The van der Waals surface area contributed by atoms with E-state index in [-0.39, 0.29) is 5.41 Å². The van der Waals surface area contributed by atoms with Gasteiger partial charge in [-0.1, -0.05) is 34.6 Å². The summed E-state index contributed by atoms with van der Waals surface area (Å²) in [6, 6.07) is 5.84. The van der Waals surface area contributed by atoms with Crippen LogP contribution in [0.1, 0.15) is 41.0 Å². The van der Waals surface area contributed by atoms with E-state index in [4.69, 9.17) is 10.5 Å². The molecule has 0 aliphatic heterocycles. The van der Waals surface area contributed by atoms with Crippen molar-refractivity contribution in [1.82, 2.24) is 0 Å². The van der Waals surface area contributed by atoms with Gasteiger partial charge in [-0.15, -0.1) is 0 Å². The number of nitrogen functional groups attached to an aromatic ring is 1. The first-order chi connectivity index (χ1) is 8.85. The van der Waals surface area contributed by atoms with E-state index in [2.05, 4.69) is 39.9 Å². The molecule has 0 heterocycles. The molecule has 1 aromatic carbocycles. The largest absolute Gasteiger partial charge is 0.493 e. The van der Waals surface area contributed by atoms with E-state index in [9.17, 15) is 0 Å². The van der Waals surface area contributed by atoms with E-state index < -0.39 is 0 Å². The molecular formula is C16H28N2O. The van der Waals surface area contributed by atoms with Crippen LogP contribution in [0.25, 0.3) is 0 Å². The summed E-state index contributed by atoms with van der Waals surface area (Å²) in [7, 11) is 0. The first kappa shape index (κ1) is 15.7. The minimum absolute atomic E-state index is 0.245. The molecule has 3 heteroatoms. The molecule has 1 rings (SSSR count). The van der Waals surface area contributed by atoms with E-state index >= 15 is 0 Å². The lowest BCUT2D eigenvalue weighted by molar-refractivity contribution is 0.269. The lowest BCUT2D eigenvalue weighted by atomic mass is 9.81. The summed E-state index contributed by atoms with van der Waals surface area (Å²) >= 11 is 0. The Hall–Kier alpha value is -1.38. The average Bonchev–Trinajstić information content (AvgIpc) is 2.33. The highest BCUT2D eigenvalue weighted by Gasteiger charge is 2.21. The molecule has 0 spiro atoms. The molecule has 0 fully saturated rings. The maximum absolute atomic E-state index is 5.91. The Bertz CT molecular complexity index is 400. The van der Waals surface area contributed by atoms with Crippen molar-refractivity contribution in [3.05, 3.63) is 18.2 Å². The van der Waals surface area contributed by atoms with Crippen molar-refractivity contribution >= 4 is 11.4 Å². The summed E-state index contributed by atoms with van der Waals surface area (Å²) in [5.74, 6) is 1.46. The number of ether oxygens (including phenoxy) is 1. The quantitative estimate of drug-likeness (QED) is 0.727. The van der Waals surface area contributed by atoms with Crippen molar-refractivity contribution in [3.8, 4) is 5.75 Å². The zero-order chi connectivity index (χ0) is 14.5. The summed E-state index contributed by atoms with van der Waals surface area (Å²) in [4.78, 5) is 0. The van der Waals surface area contributed by atoms with Gasteiger partial charge in [0, 0.05) is 30.1 Å². The molecule has 0 radical (unpaired) electrons. The van der Waals surface area contributed by atoms with Crippen LogP contribution in [-0.2, 0) is 0 Å². The fourth-order valence-corrected chi connectivity index (χ4v) is 1.56. The number of nitrogens with two attached hydrogens (primary N) is 1. The molecule has 0 bridgehead atoms. The monoisotopic (exact) mass is 264 g/mol. The van der Waals surface area contributed by atoms with Gasteiger partial charge < -0.3 is 15.8 Å². The van der Waals surface area contributed by atoms with Gasteiger partial charge in [-0.25, -0.2) is 0 Å². The molecule has 0 saturated carbocycles. The Morgan fingerprint density at radius 3 is 2.53 bits per heavy atom. The van der Waals surface area contributed by atoms with E-state index in [0.717, 1.165) is 36.7 Å². The van der Waals surface area contributed by atoms with E-state index in [1.54, 1.807) is 0 Å². The Kier molecular flexibility index (Phi) is 5.52. The Balaban J connectivity index is 2.70. The molecule has 19 heavy (non-hydrogen) atoms. The van der Waals surface area contributed by atoms with Crippen LogP contribution in [-0.4, -0.2) is 13.2 Å². The van der Waals surface area contributed by atoms with Crippen LogP contribution in [0, 0.1) is 11.3 Å². The molecule has 1 aromatic rings. The summed E-state index contributed by atoms with van der Waals surface area (Å²) in [6.07, 6.45) is 0.998. The van der Waals surface area contributed by atoms with Gasteiger partial charge in [0.05, 0.1) is 6.61 Å². The van der Waals surface area contributed by atoms with Crippen LogP contribution in [0.3, 0.4) is 0 Å². The normalized spacial score (nSPS) is 11.7. The van der Waals surface area contributed by atoms with E-state index in [1.165, 1.54) is 0 Å². The highest BCUT2D eigenvalue weighted by Crippen LogP contribution is 2.28. The fourth-order valence-electron chi connectivity index (χ4n) is 1.56. The number of hydrogen-bond donors (Lipinski definition) is 2. The van der Waals surface area contributed by atoms with Gasteiger partial charge in [-0.05, 0) is 23.8 Å². The highest BCUT2D eigenvalue weighted by atomic mass is 16.5. The van der Waals surface area contributed by atoms with Gasteiger partial charge in [0.1, 0.15) is 5.75 Å². The standard InChI is InChI=1S/C16H28N2O/c1-6-7-19-15-9-13(17)8-14(10-15)18-11-16(4,5)12(2)3/h8-10,12,18H,6-7,11,17H2,1-5H3. The third-order valence-electron chi connectivity index (χ3n) is 3.71. The molecule has 0 amide bonds. The topological polar surface area (TPSA) is 47.3 Å². The molecule has 0 aliphatic carbocycles. The lowest BCUT2D eigenvalue weighted by Gasteiger charge is -2.30. The summed E-state index contributed by atoms with van der Waals surface area (Å²) < 4.78 is 5.64. The van der Waals surface area contributed by atoms with Gasteiger partial charge >= 0.3 is 0 Å². The second-order valence-electron chi connectivity index (χ2n) is 6.14. The first-order valence-electron chi connectivity index (χ1n) is 7.12. The lowest BCUT2D eigenvalue weighted by Crippen LogP contribution is -2.28. The molecule has 3 N–H and O–H groups in total. The van der Waals surface area contributed by atoms with Crippen molar-refractivity contribution in [2.24, 2.45) is 11.3 Å². The maximum atomic E-state index is 5.91. The van der Waals surface area contributed by atoms with Gasteiger partial charge in [0.15, 0.2) is 0 Å². The minimum Gasteiger partial charge on any atom is -0.493 e. The molecule has 0 unspecified atom stereocenters. The number of nitrogens with one attached hydrogen (secondary N) is 1. The molecule has 0 aliphatic rings. The molecule has 0 saturated heterocycles. The second kappa shape index (κ2) is 6.69. The summed E-state index contributed by atoms with van der Waals surface area (Å²) in [5.41, 5.74) is 7.92. The molecular weight excluding hydrogens is 236 g/mol. The molecule has 3 nitrogen and oxygen atoms in total. The number of benzene rings is 1. The second-order valence-corrected chi connectivity index (χ2v) is 6.14. The number of rotatable bonds is 7. The van der Waals surface area contributed by atoms with Gasteiger partial charge in [0.25, 0.3) is 0 Å². The summed E-state index contributed by atoms with van der Waals surface area (Å²) in [5, 5.41) is 3.46. The van der Waals surface area contributed by atoms with Crippen LogP contribution < -0.4 is 15.8 Å². The van der Waals surface area contributed by atoms with Crippen molar-refractivity contribution in [1.29, 1.82) is 0 Å². The maximum Gasteiger partial charge on any atom is 0.123 e. The Morgan fingerprint density at radius 2 is 1.95 bits per heavy atom. The predicted molar refractivity (Wildman–Crippen MR) is 83.7 cm³/mol. The smallest absolute Gasteiger partial charge is 0.123 e. The Morgan fingerprint density at radius 1 is 1.26 bits per heavy atom. The van der Waals surface area contributed by atoms with Crippen molar-refractivity contribution in [3.63, 3.8) is 0 Å². The number of anilines is 2. The third kappa shape index (κ3) is 5.01. The fraction of sp³-hybridized carbons (Fsp3) is 0.625. The Labute approximate surface area is 117 Å². The average molecular weight is 264 g/mol. The zero-order valence-electron chi connectivity index (χ0n) is 12.9. The van der Waals surface area contributed by atoms with Gasteiger partial charge in [-0.3, -0.25) is 0 Å². The third-order valence-corrected chi connectivity index (χ3v) is 3.71. The van der Waals surface area contributed by atoms with E-state index in [0.29, 0.717) is 5.92 Å². The SMILES string of the molecule is CCCOc1cc(N)cc(NCC(C)(C)C(C)C)c1. The van der Waals surface area contributed by atoms with Crippen molar-refractivity contribution < 1.29 is 4.74 Å². The van der Waals surface area contributed by atoms with E-state index in [1.807, 2.05) is 18.2 Å². The molecule has 0 atom stereocenters. The molecule has 0 aromatic heterocycles. The van der Waals surface area contributed by atoms with Crippen molar-refractivity contribution in [2.75, 3.05) is 24.2 Å². The van der Waals surface area contributed by atoms with Crippen LogP contribution >= 0.6 is 0 Å². The van der Waals surface area contributed by atoms with Crippen LogP contribution in [0.5, 0.6) is 5.75 Å². The van der Waals surface area contributed by atoms with Gasteiger partial charge in [-0.2, -0.15) is 0 Å². The minimum atomic E-state index is 0.245. The van der Waals surface area contributed by atoms with Gasteiger partial charge in [0.2, 0.25) is 0 Å². The van der Waals surface area contributed by atoms with Crippen molar-refractivity contribution in [2.45, 2.75) is 41.0 Å². The van der Waals surface area contributed by atoms with Crippen LogP contribution in [0.4, 0.5) is 11.4 Å². The molecule has 108 valence electrons. The van der Waals surface area contributed by atoms with Crippen LogP contribution in [0.2, 0.25) is 0 Å². The summed E-state index contributed by atoms with van der Waals surface area (Å²) in [6.45, 7) is 12.8. The first-order valence-corrected chi connectivity index (χ1v) is 7.12. The number of hydrogen-bond acceptors (Lipinski definition) is 3. The zero-order valence-corrected chi connectivity index (χ0v) is 12.9. The predicted octanol–water partition coefficient (Wildman–Crippen LogP) is 4.15. The highest BCUT2D eigenvalue weighted by molar-refractivity contribution is 5.59.